The van der Waals surface area contributed by atoms with Crippen LogP contribution in [0.5, 0.6) is 0 Å². The van der Waals surface area contributed by atoms with Crippen LogP contribution in [0.1, 0.15) is 12.5 Å². The number of methoxy groups -OCH3 is 1. The zero-order chi connectivity index (χ0) is 16.8. The Morgan fingerprint density at radius 1 is 1.26 bits per heavy atom. The molecule has 2 rings (SSSR count). The second-order valence-electron chi connectivity index (χ2n) is 5.82. The monoisotopic (exact) mass is 327 g/mol. The van der Waals surface area contributed by atoms with Crippen molar-refractivity contribution in [3.05, 3.63) is 35.4 Å². The molecule has 1 atom stereocenters. The highest BCUT2D eigenvalue weighted by Crippen LogP contribution is 2.12. The maximum Gasteiger partial charge on any atom is 0.317 e. The van der Waals surface area contributed by atoms with Gasteiger partial charge in [-0.05, 0) is 24.6 Å². The minimum absolute atomic E-state index is 0.0345. The Morgan fingerprint density at radius 3 is 2.57 bits per heavy atom. The molecule has 1 aliphatic rings. The first kappa shape index (κ1) is 17.6. The van der Waals surface area contributed by atoms with Gasteiger partial charge >= 0.3 is 6.03 Å². The molecule has 1 heterocycles. The fourth-order valence-corrected chi connectivity index (χ4v) is 2.60. The number of ether oxygens (including phenoxy) is 1. The number of nitrogens with zero attached hydrogens (tertiary/aromatic N) is 2. The Hall–Kier alpha value is -1.73. The standard InChI is InChI=1S/C16H23F2N3O2/c1-12(11-23-2)19-16(22)21-7-5-20(6-8-21)10-13-3-4-14(17)15(18)9-13/h3-4,9,12H,5-8,10-11H2,1-2H3,(H,19,22)/t12-/m1/s1. The van der Waals surface area contributed by atoms with Crippen LogP contribution in [0.15, 0.2) is 18.2 Å². The van der Waals surface area contributed by atoms with E-state index in [1.165, 1.54) is 6.07 Å². The van der Waals surface area contributed by atoms with E-state index in [1.54, 1.807) is 18.1 Å². The number of nitrogens with one attached hydrogen (secondary N) is 1. The summed E-state index contributed by atoms with van der Waals surface area (Å²) in [7, 11) is 1.60. The van der Waals surface area contributed by atoms with Crippen LogP contribution >= 0.6 is 0 Å². The van der Waals surface area contributed by atoms with Crippen molar-refractivity contribution in [2.45, 2.75) is 19.5 Å². The first-order chi connectivity index (χ1) is 11.0. The number of urea groups is 1. The SMILES string of the molecule is COC[C@@H](C)NC(=O)N1CCN(Cc2ccc(F)c(F)c2)CC1. The van der Waals surface area contributed by atoms with Gasteiger partial charge in [-0.15, -0.1) is 0 Å². The maximum absolute atomic E-state index is 13.2. The van der Waals surface area contributed by atoms with E-state index >= 15 is 0 Å². The summed E-state index contributed by atoms with van der Waals surface area (Å²) in [5, 5.41) is 2.88. The first-order valence-electron chi connectivity index (χ1n) is 7.70. The number of benzene rings is 1. The highest BCUT2D eigenvalue weighted by Gasteiger charge is 2.22. The van der Waals surface area contributed by atoms with Gasteiger partial charge in [-0.3, -0.25) is 4.90 Å². The van der Waals surface area contributed by atoms with Gasteiger partial charge in [0.25, 0.3) is 0 Å². The lowest BCUT2D eigenvalue weighted by Crippen LogP contribution is -2.53. The average Bonchev–Trinajstić information content (AvgIpc) is 2.52. The van der Waals surface area contributed by atoms with Gasteiger partial charge in [0, 0.05) is 39.8 Å². The normalized spacial score (nSPS) is 17.1. The van der Waals surface area contributed by atoms with E-state index < -0.39 is 11.6 Å². The van der Waals surface area contributed by atoms with Crippen molar-refractivity contribution in [3.8, 4) is 0 Å². The third-order valence-electron chi connectivity index (χ3n) is 3.84. The average molecular weight is 327 g/mol. The first-order valence-corrected chi connectivity index (χ1v) is 7.70. The molecular formula is C16H23F2N3O2. The Balaban J connectivity index is 1.79. The van der Waals surface area contributed by atoms with Crippen LogP contribution < -0.4 is 5.32 Å². The molecule has 1 saturated heterocycles. The minimum atomic E-state index is -0.833. The summed E-state index contributed by atoms with van der Waals surface area (Å²) in [5.41, 5.74) is 0.732. The second kappa shape index (κ2) is 8.21. The zero-order valence-corrected chi connectivity index (χ0v) is 13.5. The van der Waals surface area contributed by atoms with Gasteiger partial charge in [-0.25, -0.2) is 13.6 Å². The molecule has 1 aliphatic heterocycles. The van der Waals surface area contributed by atoms with Crippen molar-refractivity contribution in [1.82, 2.24) is 15.1 Å². The van der Waals surface area contributed by atoms with Crippen molar-refractivity contribution in [1.29, 1.82) is 0 Å². The fourth-order valence-electron chi connectivity index (χ4n) is 2.60. The van der Waals surface area contributed by atoms with Crippen LogP contribution in [0.3, 0.4) is 0 Å². The summed E-state index contributed by atoms with van der Waals surface area (Å²) < 4.78 is 31.1. The molecule has 2 amide bonds. The number of carbonyl (C=O) groups excluding carboxylic acids is 1. The number of carbonyl (C=O) groups is 1. The number of piperazine rings is 1. The molecule has 0 aromatic heterocycles. The van der Waals surface area contributed by atoms with Crippen molar-refractivity contribution in [2.75, 3.05) is 39.9 Å². The number of halogens is 2. The Labute approximate surface area is 135 Å². The predicted molar refractivity (Wildman–Crippen MR) is 83.1 cm³/mol. The van der Waals surface area contributed by atoms with Gasteiger partial charge in [0.2, 0.25) is 0 Å². The van der Waals surface area contributed by atoms with Crippen LogP contribution in [-0.4, -0.2) is 61.8 Å². The summed E-state index contributed by atoms with van der Waals surface area (Å²) in [5.74, 6) is -1.66. The molecule has 0 radical (unpaired) electrons. The van der Waals surface area contributed by atoms with E-state index in [9.17, 15) is 13.6 Å². The summed E-state index contributed by atoms with van der Waals surface area (Å²) in [6, 6.07) is 3.82. The second-order valence-corrected chi connectivity index (χ2v) is 5.82. The van der Waals surface area contributed by atoms with E-state index in [1.807, 2.05) is 6.92 Å². The molecule has 0 unspecified atom stereocenters. The third kappa shape index (κ3) is 5.14. The van der Waals surface area contributed by atoms with Gasteiger partial charge in [-0.1, -0.05) is 6.07 Å². The van der Waals surface area contributed by atoms with Crippen molar-refractivity contribution in [2.24, 2.45) is 0 Å². The molecule has 0 saturated carbocycles. The molecular weight excluding hydrogens is 304 g/mol. The highest BCUT2D eigenvalue weighted by molar-refractivity contribution is 5.74. The summed E-state index contributed by atoms with van der Waals surface area (Å²) in [6.07, 6.45) is 0. The summed E-state index contributed by atoms with van der Waals surface area (Å²) in [6.45, 7) is 5.52. The van der Waals surface area contributed by atoms with E-state index in [0.29, 0.717) is 39.3 Å². The van der Waals surface area contributed by atoms with Crippen molar-refractivity contribution < 1.29 is 18.3 Å². The van der Waals surface area contributed by atoms with Crippen LogP contribution in [0.4, 0.5) is 13.6 Å². The number of hydrogen-bond acceptors (Lipinski definition) is 3. The van der Waals surface area contributed by atoms with Gasteiger partial charge in [0.15, 0.2) is 11.6 Å². The van der Waals surface area contributed by atoms with Gasteiger partial charge < -0.3 is 15.0 Å². The van der Waals surface area contributed by atoms with Gasteiger partial charge in [-0.2, -0.15) is 0 Å². The van der Waals surface area contributed by atoms with E-state index in [4.69, 9.17) is 4.74 Å². The Kier molecular flexibility index (Phi) is 6.29. The van der Waals surface area contributed by atoms with Crippen LogP contribution in [0.2, 0.25) is 0 Å². The quantitative estimate of drug-likeness (QED) is 0.897. The topological polar surface area (TPSA) is 44.8 Å². The van der Waals surface area contributed by atoms with Crippen molar-refractivity contribution in [3.63, 3.8) is 0 Å². The maximum atomic E-state index is 13.2. The minimum Gasteiger partial charge on any atom is -0.383 e. The number of hydrogen-bond donors (Lipinski definition) is 1. The molecule has 1 N–H and O–H groups in total. The van der Waals surface area contributed by atoms with Crippen molar-refractivity contribution >= 4 is 6.03 Å². The van der Waals surface area contributed by atoms with Gasteiger partial charge in [0.1, 0.15) is 0 Å². The van der Waals surface area contributed by atoms with E-state index in [-0.39, 0.29) is 12.1 Å². The van der Waals surface area contributed by atoms with Gasteiger partial charge in [0.05, 0.1) is 12.6 Å². The molecule has 23 heavy (non-hydrogen) atoms. The third-order valence-corrected chi connectivity index (χ3v) is 3.84. The van der Waals surface area contributed by atoms with Crippen LogP contribution in [0.25, 0.3) is 0 Å². The molecule has 1 aromatic carbocycles. The number of rotatable bonds is 5. The Morgan fingerprint density at radius 2 is 1.96 bits per heavy atom. The smallest absolute Gasteiger partial charge is 0.317 e. The fraction of sp³-hybridized carbons (Fsp3) is 0.562. The summed E-state index contributed by atoms with van der Waals surface area (Å²) in [4.78, 5) is 16.0. The molecule has 0 spiro atoms. The van der Waals surface area contributed by atoms with Crippen LogP contribution in [0, 0.1) is 11.6 Å². The molecule has 0 bridgehead atoms. The molecule has 128 valence electrons. The highest BCUT2D eigenvalue weighted by atomic mass is 19.2. The zero-order valence-electron chi connectivity index (χ0n) is 13.5. The van der Waals surface area contributed by atoms with E-state index in [2.05, 4.69) is 10.2 Å². The summed E-state index contributed by atoms with van der Waals surface area (Å²) >= 11 is 0. The van der Waals surface area contributed by atoms with E-state index in [0.717, 1.165) is 11.6 Å². The lowest BCUT2D eigenvalue weighted by atomic mass is 10.2. The molecule has 0 aliphatic carbocycles. The largest absolute Gasteiger partial charge is 0.383 e. The molecule has 5 nitrogen and oxygen atoms in total. The lowest BCUT2D eigenvalue weighted by molar-refractivity contribution is 0.126. The molecule has 1 aromatic rings. The van der Waals surface area contributed by atoms with Crippen LogP contribution in [-0.2, 0) is 11.3 Å². The Bertz CT molecular complexity index is 534. The molecule has 1 fully saturated rings. The molecule has 7 heteroatoms. The predicted octanol–water partition coefficient (Wildman–Crippen LogP) is 1.83. The number of amides is 2. The lowest BCUT2D eigenvalue weighted by Gasteiger charge is -2.35.